The zero-order valence-electron chi connectivity index (χ0n) is 12.4. The average Bonchev–Trinajstić information content (AvgIpc) is 2.53. The summed E-state index contributed by atoms with van der Waals surface area (Å²) in [6.07, 6.45) is 3.35. The lowest BCUT2D eigenvalue weighted by Gasteiger charge is -2.31. The van der Waals surface area contributed by atoms with Gasteiger partial charge in [0.05, 0.1) is 12.7 Å². The van der Waals surface area contributed by atoms with Crippen molar-refractivity contribution < 1.29 is 14.3 Å². The molecule has 1 amide bonds. The third-order valence-electron chi connectivity index (χ3n) is 3.57. The Morgan fingerprint density at radius 1 is 1.10 bits per heavy atom. The van der Waals surface area contributed by atoms with Gasteiger partial charge < -0.3 is 14.5 Å². The van der Waals surface area contributed by atoms with E-state index in [0.29, 0.717) is 5.56 Å². The molecular weight excluding hydrogens is 268 g/mol. The van der Waals surface area contributed by atoms with E-state index in [4.69, 9.17) is 0 Å². The fourth-order valence-electron chi connectivity index (χ4n) is 2.15. The maximum Gasteiger partial charge on any atom is 0.337 e. The number of carbonyl (C=O) groups excluding carboxylic acids is 2. The molecule has 5 nitrogen and oxygen atoms in total. The van der Waals surface area contributed by atoms with Crippen LogP contribution in [0.5, 0.6) is 0 Å². The number of methoxy groups -OCH3 is 1. The Kier molecular flexibility index (Phi) is 5.11. The summed E-state index contributed by atoms with van der Waals surface area (Å²) in [6, 6.07) is 6.96. The fraction of sp³-hybridized carbons (Fsp3) is 0.375. The molecule has 1 aromatic rings. The zero-order valence-corrected chi connectivity index (χ0v) is 12.4. The molecule has 0 saturated carbocycles. The molecule has 0 aliphatic carbocycles. The summed E-state index contributed by atoms with van der Waals surface area (Å²) >= 11 is 0. The monoisotopic (exact) mass is 288 g/mol. The lowest BCUT2D eigenvalue weighted by molar-refractivity contribution is -0.127. The number of piperazine rings is 1. The third-order valence-corrected chi connectivity index (χ3v) is 3.57. The molecule has 0 radical (unpaired) electrons. The predicted octanol–water partition coefficient (Wildman–Crippen LogP) is 1.26. The van der Waals surface area contributed by atoms with Crippen LogP contribution in [0.15, 0.2) is 30.3 Å². The normalized spacial score (nSPS) is 16.2. The van der Waals surface area contributed by atoms with Crippen molar-refractivity contribution in [3.05, 3.63) is 41.5 Å². The van der Waals surface area contributed by atoms with E-state index in [1.807, 2.05) is 4.90 Å². The number of rotatable bonds is 3. The van der Waals surface area contributed by atoms with Crippen molar-refractivity contribution in [3.8, 4) is 0 Å². The highest BCUT2D eigenvalue weighted by Gasteiger charge is 2.16. The van der Waals surface area contributed by atoms with Crippen LogP contribution in [0.1, 0.15) is 15.9 Å². The van der Waals surface area contributed by atoms with Crippen molar-refractivity contribution >= 4 is 18.0 Å². The molecule has 1 aliphatic heterocycles. The predicted molar refractivity (Wildman–Crippen MR) is 80.9 cm³/mol. The molecule has 1 aliphatic rings. The van der Waals surface area contributed by atoms with E-state index in [2.05, 4.69) is 16.7 Å². The van der Waals surface area contributed by atoms with Crippen LogP contribution < -0.4 is 0 Å². The molecule has 1 fully saturated rings. The van der Waals surface area contributed by atoms with E-state index in [1.165, 1.54) is 7.11 Å². The minimum atomic E-state index is -0.362. The molecule has 0 aromatic heterocycles. The number of carbonyl (C=O) groups is 2. The third kappa shape index (κ3) is 4.16. The van der Waals surface area contributed by atoms with Crippen molar-refractivity contribution in [3.63, 3.8) is 0 Å². The van der Waals surface area contributed by atoms with Crippen LogP contribution in [0.3, 0.4) is 0 Å². The second kappa shape index (κ2) is 7.04. The summed E-state index contributed by atoms with van der Waals surface area (Å²) in [5.74, 6) is -0.334. The van der Waals surface area contributed by atoms with E-state index in [1.54, 1.807) is 36.4 Å². The number of amides is 1. The summed E-state index contributed by atoms with van der Waals surface area (Å²) < 4.78 is 4.64. The molecule has 1 heterocycles. The Balaban J connectivity index is 1.94. The minimum Gasteiger partial charge on any atom is -0.465 e. The van der Waals surface area contributed by atoms with Crippen molar-refractivity contribution in [2.45, 2.75) is 0 Å². The van der Waals surface area contributed by atoms with Crippen LogP contribution in [0.2, 0.25) is 0 Å². The summed E-state index contributed by atoms with van der Waals surface area (Å²) in [7, 11) is 3.41. The Morgan fingerprint density at radius 3 is 2.29 bits per heavy atom. The maximum absolute atomic E-state index is 12.0. The molecule has 21 heavy (non-hydrogen) atoms. The van der Waals surface area contributed by atoms with Crippen molar-refractivity contribution in [2.75, 3.05) is 40.3 Å². The molecule has 0 N–H and O–H groups in total. The molecule has 112 valence electrons. The Bertz CT molecular complexity index is 529. The molecule has 0 atom stereocenters. The van der Waals surface area contributed by atoms with E-state index < -0.39 is 0 Å². The molecule has 0 unspecified atom stereocenters. The van der Waals surface area contributed by atoms with Crippen LogP contribution in [-0.2, 0) is 9.53 Å². The second-order valence-electron chi connectivity index (χ2n) is 5.08. The first-order valence-electron chi connectivity index (χ1n) is 6.94. The quantitative estimate of drug-likeness (QED) is 0.620. The van der Waals surface area contributed by atoms with Crippen LogP contribution >= 0.6 is 0 Å². The number of likely N-dealkylation sites (N-methyl/N-ethyl adjacent to an activating group) is 1. The van der Waals surface area contributed by atoms with Gasteiger partial charge in [-0.3, -0.25) is 4.79 Å². The number of benzene rings is 1. The first-order valence-corrected chi connectivity index (χ1v) is 6.94. The van der Waals surface area contributed by atoms with Gasteiger partial charge >= 0.3 is 5.97 Å². The van der Waals surface area contributed by atoms with Gasteiger partial charge in [0.25, 0.3) is 0 Å². The van der Waals surface area contributed by atoms with Crippen LogP contribution in [0.4, 0.5) is 0 Å². The smallest absolute Gasteiger partial charge is 0.337 e. The highest BCUT2D eigenvalue weighted by atomic mass is 16.5. The van der Waals surface area contributed by atoms with Gasteiger partial charge in [0, 0.05) is 32.3 Å². The van der Waals surface area contributed by atoms with E-state index in [0.717, 1.165) is 31.7 Å². The lowest BCUT2D eigenvalue weighted by atomic mass is 10.1. The molecule has 0 bridgehead atoms. The van der Waals surface area contributed by atoms with Gasteiger partial charge in [0.15, 0.2) is 0 Å². The largest absolute Gasteiger partial charge is 0.465 e. The van der Waals surface area contributed by atoms with E-state index in [-0.39, 0.29) is 11.9 Å². The van der Waals surface area contributed by atoms with E-state index >= 15 is 0 Å². The SMILES string of the molecule is COC(=O)c1ccc(/C=C/C(=O)N2CCN(C)CC2)cc1. The molecular formula is C16H20N2O3. The molecule has 0 spiro atoms. The Labute approximate surface area is 124 Å². The maximum atomic E-state index is 12.0. The summed E-state index contributed by atoms with van der Waals surface area (Å²) in [5, 5.41) is 0. The molecule has 1 aromatic carbocycles. The van der Waals surface area contributed by atoms with Crippen molar-refractivity contribution in [1.29, 1.82) is 0 Å². The highest BCUT2D eigenvalue weighted by Crippen LogP contribution is 2.08. The number of esters is 1. The summed E-state index contributed by atoms with van der Waals surface area (Å²) in [6.45, 7) is 3.35. The topological polar surface area (TPSA) is 49.9 Å². The lowest BCUT2D eigenvalue weighted by Crippen LogP contribution is -2.46. The first kappa shape index (κ1) is 15.3. The Hall–Kier alpha value is -2.14. The molecule has 5 heteroatoms. The van der Waals surface area contributed by atoms with Gasteiger partial charge in [-0.25, -0.2) is 4.79 Å². The number of ether oxygens (including phenoxy) is 1. The van der Waals surface area contributed by atoms with E-state index in [9.17, 15) is 9.59 Å². The van der Waals surface area contributed by atoms with Gasteiger partial charge in [-0.1, -0.05) is 12.1 Å². The van der Waals surface area contributed by atoms with Gasteiger partial charge in [-0.05, 0) is 30.8 Å². The fourth-order valence-corrected chi connectivity index (χ4v) is 2.15. The van der Waals surface area contributed by atoms with Crippen molar-refractivity contribution in [1.82, 2.24) is 9.80 Å². The van der Waals surface area contributed by atoms with Gasteiger partial charge in [0.1, 0.15) is 0 Å². The highest BCUT2D eigenvalue weighted by molar-refractivity contribution is 5.92. The average molecular weight is 288 g/mol. The van der Waals surface area contributed by atoms with Crippen molar-refractivity contribution in [2.24, 2.45) is 0 Å². The standard InChI is InChI=1S/C16H20N2O3/c1-17-9-11-18(12-10-17)15(19)8-5-13-3-6-14(7-4-13)16(20)21-2/h3-8H,9-12H2,1-2H3/b8-5+. The first-order chi connectivity index (χ1) is 10.1. The number of hydrogen-bond acceptors (Lipinski definition) is 4. The Morgan fingerprint density at radius 2 is 1.71 bits per heavy atom. The molecule has 1 saturated heterocycles. The summed E-state index contributed by atoms with van der Waals surface area (Å²) in [4.78, 5) is 27.4. The molecule has 2 rings (SSSR count). The van der Waals surface area contributed by atoms with Gasteiger partial charge in [0.2, 0.25) is 5.91 Å². The number of nitrogens with zero attached hydrogens (tertiary/aromatic N) is 2. The van der Waals surface area contributed by atoms with Crippen LogP contribution in [0, 0.1) is 0 Å². The van der Waals surface area contributed by atoms with Crippen LogP contribution in [-0.4, -0.2) is 62.0 Å². The summed E-state index contributed by atoms with van der Waals surface area (Å²) in [5.41, 5.74) is 1.38. The number of hydrogen-bond donors (Lipinski definition) is 0. The van der Waals surface area contributed by atoms with Crippen LogP contribution in [0.25, 0.3) is 6.08 Å². The minimum absolute atomic E-state index is 0.0279. The van der Waals surface area contributed by atoms with Gasteiger partial charge in [-0.15, -0.1) is 0 Å². The zero-order chi connectivity index (χ0) is 15.2. The second-order valence-corrected chi connectivity index (χ2v) is 5.08. The van der Waals surface area contributed by atoms with Gasteiger partial charge in [-0.2, -0.15) is 0 Å².